The lowest BCUT2D eigenvalue weighted by atomic mass is 9.85. The van der Waals surface area contributed by atoms with E-state index in [1.807, 2.05) is 0 Å². The van der Waals surface area contributed by atoms with Gasteiger partial charge >= 0.3 is 0 Å². The van der Waals surface area contributed by atoms with Gasteiger partial charge in [0.05, 0.1) is 5.69 Å². The highest BCUT2D eigenvalue weighted by molar-refractivity contribution is 6.05. The predicted molar refractivity (Wildman–Crippen MR) is 216 cm³/mol. The zero-order chi connectivity index (χ0) is 34.2. The molecule has 0 spiro atoms. The minimum atomic E-state index is 1.10. The molecule has 0 saturated heterocycles. The number of anilines is 3. The number of para-hydroxylation sites is 2. The molecule has 0 heterocycles. The standard InChI is InChI=1S/C50H37N/c1-6-19-39(20-7-1)47-31-16-17-32-48(47)51(45-29-14-5-15-30-45)46-35-33-38(34-36-46)43-27-18-28-44(37-43)50(42-25-12-4-13-26-42)49(40-21-8-2-9-22-40)41-23-10-3-11-24-41/h1-37H. The lowest BCUT2D eigenvalue weighted by molar-refractivity contribution is 1.28. The van der Waals surface area contributed by atoms with Crippen molar-refractivity contribution in [3.05, 3.63) is 247 Å². The summed E-state index contributed by atoms with van der Waals surface area (Å²) in [5.41, 5.74) is 15.2. The van der Waals surface area contributed by atoms with Crippen LogP contribution in [0, 0.1) is 0 Å². The third-order valence-electron chi connectivity index (χ3n) is 9.29. The highest BCUT2D eigenvalue weighted by Crippen LogP contribution is 2.42. The molecule has 8 rings (SSSR count). The summed E-state index contributed by atoms with van der Waals surface area (Å²) in [6.07, 6.45) is 0. The lowest BCUT2D eigenvalue weighted by Gasteiger charge is -2.28. The second-order valence-corrected chi connectivity index (χ2v) is 12.5. The van der Waals surface area contributed by atoms with Crippen LogP contribution in [-0.4, -0.2) is 0 Å². The van der Waals surface area contributed by atoms with Crippen molar-refractivity contribution in [3.8, 4) is 22.3 Å². The summed E-state index contributed by atoms with van der Waals surface area (Å²) in [6, 6.07) is 80.1. The summed E-state index contributed by atoms with van der Waals surface area (Å²) in [6.45, 7) is 0. The van der Waals surface area contributed by atoms with Crippen molar-refractivity contribution in [1.29, 1.82) is 0 Å². The molecule has 0 atom stereocenters. The third kappa shape index (κ3) is 6.79. The van der Waals surface area contributed by atoms with Crippen LogP contribution < -0.4 is 4.90 Å². The SMILES string of the molecule is c1ccc(C(=C(c2ccccc2)c2cccc(-c3ccc(N(c4ccccc4)c4ccccc4-c4ccccc4)cc3)c2)c2ccccc2)cc1. The molecule has 1 heteroatoms. The van der Waals surface area contributed by atoms with E-state index in [4.69, 9.17) is 0 Å². The Morgan fingerprint density at radius 1 is 0.275 bits per heavy atom. The van der Waals surface area contributed by atoms with Crippen LogP contribution in [0.3, 0.4) is 0 Å². The van der Waals surface area contributed by atoms with Crippen LogP contribution in [0.4, 0.5) is 17.1 Å². The van der Waals surface area contributed by atoms with Gasteiger partial charge in [-0.05, 0) is 86.5 Å². The summed E-state index contributed by atoms with van der Waals surface area (Å²) in [7, 11) is 0. The smallest absolute Gasteiger partial charge is 0.0540 e. The Balaban J connectivity index is 1.24. The summed E-state index contributed by atoms with van der Waals surface area (Å²) in [5.74, 6) is 0. The van der Waals surface area contributed by atoms with Gasteiger partial charge in [0.25, 0.3) is 0 Å². The van der Waals surface area contributed by atoms with E-state index in [-0.39, 0.29) is 0 Å². The number of hydrogen-bond acceptors (Lipinski definition) is 1. The van der Waals surface area contributed by atoms with E-state index < -0.39 is 0 Å². The van der Waals surface area contributed by atoms with E-state index in [0.29, 0.717) is 0 Å². The van der Waals surface area contributed by atoms with Crippen molar-refractivity contribution < 1.29 is 0 Å². The zero-order valence-electron chi connectivity index (χ0n) is 28.3. The Morgan fingerprint density at radius 2 is 0.686 bits per heavy atom. The van der Waals surface area contributed by atoms with Gasteiger partial charge in [0.1, 0.15) is 0 Å². The third-order valence-corrected chi connectivity index (χ3v) is 9.29. The van der Waals surface area contributed by atoms with Gasteiger partial charge < -0.3 is 4.90 Å². The molecule has 8 aromatic carbocycles. The molecule has 8 aromatic rings. The fraction of sp³-hybridized carbons (Fsp3) is 0. The summed E-state index contributed by atoms with van der Waals surface area (Å²) >= 11 is 0. The molecule has 0 fully saturated rings. The maximum absolute atomic E-state index is 2.35. The molecule has 242 valence electrons. The van der Waals surface area contributed by atoms with E-state index in [1.165, 1.54) is 55.7 Å². The van der Waals surface area contributed by atoms with Gasteiger partial charge in [0, 0.05) is 16.9 Å². The number of rotatable bonds is 9. The van der Waals surface area contributed by atoms with Crippen LogP contribution in [0.5, 0.6) is 0 Å². The van der Waals surface area contributed by atoms with Crippen molar-refractivity contribution >= 4 is 28.2 Å². The second kappa shape index (κ2) is 14.8. The van der Waals surface area contributed by atoms with Crippen LogP contribution in [0.2, 0.25) is 0 Å². The first kappa shape index (κ1) is 31.6. The van der Waals surface area contributed by atoms with Gasteiger partial charge in [-0.25, -0.2) is 0 Å². The Hall–Kier alpha value is -6.70. The van der Waals surface area contributed by atoms with Gasteiger partial charge in [-0.3, -0.25) is 0 Å². The van der Waals surface area contributed by atoms with Crippen LogP contribution in [-0.2, 0) is 0 Å². The molecule has 0 aliphatic rings. The quantitative estimate of drug-likeness (QED) is 0.140. The van der Waals surface area contributed by atoms with Crippen LogP contribution in [0.25, 0.3) is 33.4 Å². The zero-order valence-corrected chi connectivity index (χ0v) is 28.3. The molecule has 51 heavy (non-hydrogen) atoms. The fourth-order valence-corrected chi connectivity index (χ4v) is 6.92. The van der Waals surface area contributed by atoms with Gasteiger partial charge in [-0.2, -0.15) is 0 Å². The van der Waals surface area contributed by atoms with Crippen LogP contribution >= 0.6 is 0 Å². The van der Waals surface area contributed by atoms with Gasteiger partial charge in [0.15, 0.2) is 0 Å². The van der Waals surface area contributed by atoms with E-state index >= 15 is 0 Å². The summed E-state index contributed by atoms with van der Waals surface area (Å²) in [5, 5.41) is 0. The molecule has 0 bridgehead atoms. The van der Waals surface area contributed by atoms with Crippen molar-refractivity contribution in [2.45, 2.75) is 0 Å². The first-order chi connectivity index (χ1) is 25.3. The van der Waals surface area contributed by atoms with Crippen molar-refractivity contribution in [2.75, 3.05) is 4.90 Å². The molecule has 0 aliphatic heterocycles. The fourth-order valence-electron chi connectivity index (χ4n) is 6.92. The van der Waals surface area contributed by atoms with Crippen molar-refractivity contribution in [2.24, 2.45) is 0 Å². The molecule has 0 aliphatic carbocycles. The average molecular weight is 652 g/mol. The van der Waals surface area contributed by atoms with Gasteiger partial charge in [0.2, 0.25) is 0 Å². The Morgan fingerprint density at radius 3 is 1.25 bits per heavy atom. The Labute approximate surface area is 301 Å². The van der Waals surface area contributed by atoms with E-state index in [2.05, 4.69) is 229 Å². The van der Waals surface area contributed by atoms with Gasteiger partial charge in [-0.1, -0.05) is 188 Å². The van der Waals surface area contributed by atoms with Gasteiger partial charge in [-0.15, -0.1) is 0 Å². The highest BCUT2D eigenvalue weighted by Gasteiger charge is 2.19. The van der Waals surface area contributed by atoms with E-state index in [0.717, 1.165) is 17.1 Å². The number of benzene rings is 8. The summed E-state index contributed by atoms with van der Waals surface area (Å²) < 4.78 is 0. The van der Waals surface area contributed by atoms with Crippen LogP contribution in [0.15, 0.2) is 224 Å². The lowest BCUT2D eigenvalue weighted by Crippen LogP contribution is -2.11. The monoisotopic (exact) mass is 651 g/mol. The normalized spacial score (nSPS) is 10.7. The predicted octanol–water partition coefficient (Wildman–Crippen LogP) is 13.5. The molecular formula is C50H37N. The second-order valence-electron chi connectivity index (χ2n) is 12.5. The molecule has 0 radical (unpaired) electrons. The Kier molecular flexibility index (Phi) is 9.17. The minimum absolute atomic E-state index is 1.10. The first-order valence-electron chi connectivity index (χ1n) is 17.4. The minimum Gasteiger partial charge on any atom is -0.310 e. The number of nitrogens with zero attached hydrogens (tertiary/aromatic N) is 1. The van der Waals surface area contributed by atoms with E-state index in [1.54, 1.807) is 0 Å². The molecule has 0 saturated carbocycles. The first-order valence-corrected chi connectivity index (χ1v) is 17.4. The van der Waals surface area contributed by atoms with Crippen molar-refractivity contribution in [1.82, 2.24) is 0 Å². The molecule has 0 N–H and O–H groups in total. The molecule has 0 aromatic heterocycles. The largest absolute Gasteiger partial charge is 0.310 e. The Bertz CT molecular complexity index is 2320. The molecular weight excluding hydrogens is 615 g/mol. The van der Waals surface area contributed by atoms with Crippen LogP contribution in [0.1, 0.15) is 22.3 Å². The molecule has 1 nitrogen and oxygen atoms in total. The van der Waals surface area contributed by atoms with Crippen molar-refractivity contribution in [3.63, 3.8) is 0 Å². The topological polar surface area (TPSA) is 3.24 Å². The average Bonchev–Trinajstić information content (AvgIpc) is 3.22. The molecule has 0 unspecified atom stereocenters. The maximum atomic E-state index is 2.35. The number of hydrogen-bond donors (Lipinski definition) is 0. The van der Waals surface area contributed by atoms with E-state index in [9.17, 15) is 0 Å². The highest BCUT2D eigenvalue weighted by atomic mass is 15.1. The maximum Gasteiger partial charge on any atom is 0.0540 e. The molecule has 0 amide bonds. The summed E-state index contributed by atoms with van der Waals surface area (Å²) in [4.78, 5) is 2.35.